The van der Waals surface area contributed by atoms with Crippen LogP contribution in [-0.4, -0.2) is 47.4 Å². The monoisotopic (exact) mass is 248 g/mol. The lowest BCUT2D eigenvalue weighted by Gasteiger charge is -2.35. The van der Waals surface area contributed by atoms with Gasteiger partial charge in [0.05, 0.1) is 6.04 Å². The van der Waals surface area contributed by atoms with Gasteiger partial charge in [-0.2, -0.15) is 5.10 Å². The van der Waals surface area contributed by atoms with E-state index in [4.69, 9.17) is 0 Å². The van der Waals surface area contributed by atoms with E-state index in [1.165, 1.54) is 58.4 Å². The van der Waals surface area contributed by atoms with Crippen LogP contribution in [0.1, 0.15) is 31.7 Å². The summed E-state index contributed by atoms with van der Waals surface area (Å²) >= 11 is 0. The molecule has 4 nitrogen and oxygen atoms in total. The molecule has 0 aromatic carbocycles. The summed E-state index contributed by atoms with van der Waals surface area (Å²) in [5, 5.41) is 7.82. The third-order valence-electron chi connectivity index (χ3n) is 4.43. The van der Waals surface area contributed by atoms with E-state index >= 15 is 0 Å². The van der Waals surface area contributed by atoms with Gasteiger partial charge in [-0.3, -0.25) is 4.68 Å². The largest absolute Gasteiger partial charge is 0.317 e. The molecule has 4 heteroatoms. The van der Waals surface area contributed by atoms with Crippen LogP contribution >= 0.6 is 0 Å². The Hall–Kier alpha value is -0.870. The van der Waals surface area contributed by atoms with Gasteiger partial charge >= 0.3 is 0 Å². The van der Waals surface area contributed by atoms with Gasteiger partial charge < -0.3 is 10.2 Å². The van der Waals surface area contributed by atoms with Crippen molar-refractivity contribution < 1.29 is 0 Å². The van der Waals surface area contributed by atoms with E-state index in [9.17, 15) is 0 Å². The predicted molar refractivity (Wildman–Crippen MR) is 72.5 cm³/mol. The van der Waals surface area contributed by atoms with Gasteiger partial charge in [0, 0.05) is 32.0 Å². The van der Waals surface area contributed by atoms with Crippen molar-refractivity contribution in [2.75, 3.05) is 32.7 Å². The van der Waals surface area contributed by atoms with Gasteiger partial charge in [0.2, 0.25) is 0 Å². The second-order valence-corrected chi connectivity index (χ2v) is 5.71. The van der Waals surface area contributed by atoms with Crippen LogP contribution in [0.15, 0.2) is 18.5 Å². The van der Waals surface area contributed by atoms with E-state index in [1.807, 2.05) is 12.3 Å². The SMILES string of the molecule is c1cnn(C2CCN(CC3CCNCC3)CC2)c1. The van der Waals surface area contributed by atoms with Crippen LogP contribution < -0.4 is 5.32 Å². The first-order chi connectivity index (χ1) is 8.92. The zero-order valence-electron chi connectivity index (χ0n) is 11.1. The molecule has 18 heavy (non-hydrogen) atoms. The van der Waals surface area contributed by atoms with E-state index < -0.39 is 0 Å². The number of aromatic nitrogens is 2. The maximum Gasteiger partial charge on any atom is 0.0543 e. The summed E-state index contributed by atoms with van der Waals surface area (Å²) in [5.74, 6) is 0.924. The van der Waals surface area contributed by atoms with Gasteiger partial charge in [0.25, 0.3) is 0 Å². The third kappa shape index (κ3) is 2.93. The Bertz CT molecular complexity index is 335. The van der Waals surface area contributed by atoms with Crippen molar-refractivity contribution in [1.82, 2.24) is 20.0 Å². The number of hydrogen-bond donors (Lipinski definition) is 1. The van der Waals surface area contributed by atoms with Gasteiger partial charge in [-0.25, -0.2) is 0 Å². The number of nitrogens with one attached hydrogen (secondary N) is 1. The van der Waals surface area contributed by atoms with Crippen LogP contribution in [0.4, 0.5) is 0 Å². The molecule has 0 bridgehead atoms. The van der Waals surface area contributed by atoms with E-state index in [-0.39, 0.29) is 0 Å². The first-order valence-electron chi connectivity index (χ1n) is 7.34. The van der Waals surface area contributed by atoms with Crippen molar-refractivity contribution in [2.45, 2.75) is 31.7 Å². The fraction of sp³-hybridized carbons (Fsp3) is 0.786. The Morgan fingerprint density at radius 1 is 1.11 bits per heavy atom. The zero-order valence-corrected chi connectivity index (χ0v) is 11.1. The normalized spacial score (nSPS) is 24.4. The molecule has 2 aliphatic heterocycles. The van der Waals surface area contributed by atoms with Crippen molar-refractivity contribution in [1.29, 1.82) is 0 Å². The molecule has 3 heterocycles. The lowest BCUT2D eigenvalue weighted by atomic mass is 9.96. The number of nitrogens with zero attached hydrogens (tertiary/aromatic N) is 3. The molecule has 1 N–H and O–H groups in total. The molecule has 0 spiro atoms. The summed E-state index contributed by atoms with van der Waals surface area (Å²) in [5.41, 5.74) is 0. The second-order valence-electron chi connectivity index (χ2n) is 5.71. The summed E-state index contributed by atoms with van der Waals surface area (Å²) in [7, 11) is 0. The average molecular weight is 248 g/mol. The van der Waals surface area contributed by atoms with Gasteiger partial charge in [-0.15, -0.1) is 0 Å². The smallest absolute Gasteiger partial charge is 0.0543 e. The highest BCUT2D eigenvalue weighted by Crippen LogP contribution is 2.23. The van der Waals surface area contributed by atoms with Gasteiger partial charge in [-0.1, -0.05) is 0 Å². The first-order valence-corrected chi connectivity index (χ1v) is 7.34. The molecule has 100 valence electrons. The first kappa shape index (κ1) is 12.2. The fourth-order valence-electron chi connectivity index (χ4n) is 3.29. The minimum atomic E-state index is 0.629. The summed E-state index contributed by atoms with van der Waals surface area (Å²) in [6.07, 6.45) is 9.23. The van der Waals surface area contributed by atoms with Crippen molar-refractivity contribution in [2.24, 2.45) is 5.92 Å². The van der Waals surface area contributed by atoms with Crippen molar-refractivity contribution in [3.8, 4) is 0 Å². The van der Waals surface area contributed by atoms with Crippen LogP contribution in [-0.2, 0) is 0 Å². The molecule has 2 fully saturated rings. The Balaban J connectivity index is 1.45. The highest BCUT2D eigenvalue weighted by molar-refractivity contribution is 4.85. The summed E-state index contributed by atoms with van der Waals surface area (Å²) < 4.78 is 2.14. The number of hydrogen-bond acceptors (Lipinski definition) is 3. The van der Waals surface area contributed by atoms with Crippen LogP contribution in [0.25, 0.3) is 0 Å². The molecule has 0 radical (unpaired) electrons. The molecule has 2 aliphatic rings. The van der Waals surface area contributed by atoms with Gasteiger partial charge in [-0.05, 0) is 50.8 Å². The molecular weight excluding hydrogens is 224 g/mol. The number of likely N-dealkylation sites (tertiary alicyclic amines) is 1. The molecule has 3 rings (SSSR count). The minimum Gasteiger partial charge on any atom is -0.317 e. The lowest BCUT2D eigenvalue weighted by Crippen LogP contribution is -2.40. The Kier molecular flexibility index (Phi) is 3.96. The fourth-order valence-corrected chi connectivity index (χ4v) is 3.29. The van der Waals surface area contributed by atoms with Crippen molar-refractivity contribution in [3.05, 3.63) is 18.5 Å². The average Bonchev–Trinajstić information content (AvgIpc) is 2.95. The van der Waals surface area contributed by atoms with Crippen LogP contribution in [0.3, 0.4) is 0 Å². The zero-order chi connectivity index (χ0) is 12.2. The van der Waals surface area contributed by atoms with E-state index in [1.54, 1.807) is 0 Å². The summed E-state index contributed by atoms with van der Waals surface area (Å²) in [6.45, 7) is 6.24. The van der Waals surface area contributed by atoms with Gasteiger partial charge in [0.15, 0.2) is 0 Å². The minimum absolute atomic E-state index is 0.629. The maximum atomic E-state index is 4.37. The predicted octanol–water partition coefficient (Wildman–Crippen LogP) is 1.52. The molecule has 0 amide bonds. The molecule has 0 atom stereocenters. The van der Waals surface area contributed by atoms with Gasteiger partial charge in [0.1, 0.15) is 0 Å². The maximum absolute atomic E-state index is 4.37. The molecular formula is C14H24N4. The summed E-state index contributed by atoms with van der Waals surface area (Å²) in [4.78, 5) is 2.66. The Labute approximate surface area is 109 Å². The summed E-state index contributed by atoms with van der Waals surface area (Å²) in [6, 6.07) is 2.66. The van der Waals surface area contributed by atoms with E-state index in [0.29, 0.717) is 6.04 Å². The third-order valence-corrected chi connectivity index (χ3v) is 4.43. The van der Waals surface area contributed by atoms with Crippen molar-refractivity contribution in [3.63, 3.8) is 0 Å². The quantitative estimate of drug-likeness (QED) is 0.880. The highest BCUT2D eigenvalue weighted by Gasteiger charge is 2.23. The van der Waals surface area contributed by atoms with Crippen LogP contribution in [0.2, 0.25) is 0 Å². The topological polar surface area (TPSA) is 33.1 Å². The van der Waals surface area contributed by atoms with E-state index in [0.717, 1.165) is 5.92 Å². The number of rotatable bonds is 3. The van der Waals surface area contributed by atoms with Crippen LogP contribution in [0.5, 0.6) is 0 Å². The Morgan fingerprint density at radius 3 is 2.56 bits per heavy atom. The molecule has 1 aromatic heterocycles. The molecule has 0 aliphatic carbocycles. The number of piperidine rings is 2. The molecule has 0 unspecified atom stereocenters. The second kappa shape index (κ2) is 5.85. The van der Waals surface area contributed by atoms with Crippen molar-refractivity contribution >= 4 is 0 Å². The lowest BCUT2D eigenvalue weighted by molar-refractivity contribution is 0.146. The van der Waals surface area contributed by atoms with Crippen LogP contribution in [0, 0.1) is 5.92 Å². The highest BCUT2D eigenvalue weighted by atomic mass is 15.3. The standard InChI is InChI=1S/C14H24N4/c1-6-16-18(9-1)14-4-10-17(11-5-14)12-13-2-7-15-8-3-13/h1,6,9,13-15H,2-5,7-8,10-12H2. The molecule has 0 saturated carbocycles. The van der Waals surface area contributed by atoms with E-state index in [2.05, 4.69) is 26.2 Å². The Morgan fingerprint density at radius 2 is 1.89 bits per heavy atom. The molecule has 1 aromatic rings. The molecule has 2 saturated heterocycles.